The average molecular weight is 259 g/mol. The van der Waals surface area contributed by atoms with Gasteiger partial charge in [-0.3, -0.25) is 9.89 Å². The standard InChI is InChI=1S/C14H17N3O2/c1-9(2)12-8-13(17-16-12)15-14(19)7-10-4-3-5-11(18)6-10/h3-6,8-9,18H,7H2,1-2H3,(H2,15,16,17,19). The summed E-state index contributed by atoms with van der Waals surface area (Å²) in [7, 11) is 0. The molecule has 0 aliphatic rings. The van der Waals surface area contributed by atoms with Gasteiger partial charge in [-0.05, 0) is 23.6 Å². The number of carbonyl (C=O) groups excluding carboxylic acids is 1. The maximum atomic E-state index is 11.8. The number of amides is 1. The summed E-state index contributed by atoms with van der Waals surface area (Å²) >= 11 is 0. The van der Waals surface area contributed by atoms with Crippen LogP contribution in [0, 0.1) is 0 Å². The van der Waals surface area contributed by atoms with Crippen molar-refractivity contribution in [2.24, 2.45) is 0 Å². The third kappa shape index (κ3) is 3.58. The molecule has 3 N–H and O–H groups in total. The van der Waals surface area contributed by atoms with E-state index >= 15 is 0 Å². The molecule has 0 saturated carbocycles. The molecule has 2 aromatic rings. The van der Waals surface area contributed by atoms with Crippen molar-refractivity contribution in [3.8, 4) is 5.75 Å². The molecule has 0 fully saturated rings. The zero-order chi connectivity index (χ0) is 13.8. The van der Waals surface area contributed by atoms with E-state index in [4.69, 9.17) is 0 Å². The minimum absolute atomic E-state index is 0.159. The number of aromatic amines is 1. The maximum absolute atomic E-state index is 11.8. The fourth-order valence-corrected chi connectivity index (χ4v) is 1.74. The number of carbonyl (C=O) groups is 1. The van der Waals surface area contributed by atoms with Crippen molar-refractivity contribution in [2.45, 2.75) is 26.2 Å². The molecule has 100 valence electrons. The van der Waals surface area contributed by atoms with Crippen LogP contribution in [-0.4, -0.2) is 21.2 Å². The Bertz CT molecular complexity index is 576. The normalized spacial score (nSPS) is 10.7. The largest absolute Gasteiger partial charge is 0.508 e. The zero-order valence-electron chi connectivity index (χ0n) is 11.0. The van der Waals surface area contributed by atoms with E-state index in [1.54, 1.807) is 24.3 Å². The molecule has 19 heavy (non-hydrogen) atoms. The van der Waals surface area contributed by atoms with Gasteiger partial charge in [0.05, 0.1) is 6.42 Å². The predicted octanol–water partition coefficient (Wildman–Crippen LogP) is 2.42. The lowest BCUT2D eigenvalue weighted by atomic mass is 10.1. The van der Waals surface area contributed by atoms with Crippen molar-refractivity contribution in [3.05, 3.63) is 41.6 Å². The summed E-state index contributed by atoms with van der Waals surface area (Å²) in [5, 5.41) is 19.0. The van der Waals surface area contributed by atoms with Crippen LogP contribution in [0.4, 0.5) is 5.82 Å². The van der Waals surface area contributed by atoms with Crippen LogP contribution in [0.3, 0.4) is 0 Å². The lowest BCUT2D eigenvalue weighted by molar-refractivity contribution is -0.115. The molecule has 0 saturated heterocycles. The minimum Gasteiger partial charge on any atom is -0.508 e. The lowest BCUT2D eigenvalue weighted by Gasteiger charge is -2.02. The van der Waals surface area contributed by atoms with Crippen molar-refractivity contribution < 1.29 is 9.90 Å². The van der Waals surface area contributed by atoms with E-state index in [-0.39, 0.29) is 18.1 Å². The number of nitrogens with one attached hydrogen (secondary N) is 2. The highest BCUT2D eigenvalue weighted by Gasteiger charge is 2.09. The monoisotopic (exact) mass is 259 g/mol. The van der Waals surface area contributed by atoms with Gasteiger partial charge >= 0.3 is 0 Å². The number of aromatic nitrogens is 2. The first-order chi connectivity index (χ1) is 9.04. The van der Waals surface area contributed by atoms with E-state index in [1.165, 1.54) is 0 Å². The SMILES string of the molecule is CC(C)c1cc(NC(=O)Cc2cccc(O)c2)n[nH]1. The van der Waals surface area contributed by atoms with E-state index in [9.17, 15) is 9.90 Å². The minimum atomic E-state index is -0.160. The summed E-state index contributed by atoms with van der Waals surface area (Å²) in [5.41, 5.74) is 1.74. The Morgan fingerprint density at radius 3 is 2.84 bits per heavy atom. The van der Waals surface area contributed by atoms with Gasteiger partial charge in [0.1, 0.15) is 5.75 Å². The summed E-state index contributed by atoms with van der Waals surface area (Å²) in [6.07, 6.45) is 0.207. The molecule has 0 aliphatic carbocycles. The number of hydrogen-bond donors (Lipinski definition) is 3. The Morgan fingerprint density at radius 1 is 1.42 bits per heavy atom. The molecule has 1 amide bonds. The number of phenols is 1. The average Bonchev–Trinajstić information content (AvgIpc) is 2.77. The van der Waals surface area contributed by atoms with E-state index in [2.05, 4.69) is 15.5 Å². The van der Waals surface area contributed by atoms with Gasteiger partial charge in [0.2, 0.25) is 5.91 Å². The van der Waals surface area contributed by atoms with Crippen LogP contribution >= 0.6 is 0 Å². The highest BCUT2D eigenvalue weighted by Crippen LogP contribution is 2.15. The van der Waals surface area contributed by atoms with E-state index in [0.29, 0.717) is 11.7 Å². The summed E-state index contributed by atoms with van der Waals surface area (Å²) in [6, 6.07) is 8.48. The Kier molecular flexibility index (Phi) is 3.85. The summed E-state index contributed by atoms with van der Waals surface area (Å²) in [6.45, 7) is 4.09. The molecule has 5 heteroatoms. The van der Waals surface area contributed by atoms with Crippen molar-refractivity contribution >= 4 is 11.7 Å². The second-order valence-electron chi connectivity index (χ2n) is 4.76. The van der Waals surface area contributed by atoms with E-state index in [1.807, 2.05) is 19.9 Å². The zero-order valence-corrected chi connectivity index (χ0v) is 11.0. The van der Waals surface area contributed by atoms with Gasteiger partial charge in [-0.1, -0.05) is 26.0 Å². The molecular formula is C14H17N3O2. The van der Waals surface area contributed by atoms with Crippen LogP contribution in [0.1, 0.15) is 31.0 Å². The fourth-order valence-electron chi connectivity index (χ4n) is 1.74. The Balaban J connectivity index is 1.97. The van der Waals surface area contributed by atoms with E-state index < -0.39 is 0 Å². The molecule has 0 aliphatic heterocycles. The molecule has 1 aromatic carbocycles. The Hall–Kier alpha value is -2.30. The third-order valence-corrected chi connectivity index (χ3v) is 2.76. The van der Waals surface area contributed by atoms with Gasteiger partial charge in [-0.25, -0.2) is 0 Å². The highest BCUT2D eigenvalue weighted by atomic mass is 16.3. The molecule has 5 nitrogen and oxygen atoms in total. The predicted molar refractivity (Wildman–Crippen MR) is 73.1 cm³/mol. The van der Waals surface area contributed by atoms with Gasteiger partial charge in [-0.2, -0.15) is 5.10 Å². The molecule has 0 spiro atoms. The van der Waals surface area contributed by atoms with Crippen LogP contribution < -0.4 is 5.32 Å². The number of rotatable bonds is 4. The number of hydrogen-bond acceptors (Lipinski definition) is 3. The maximum Gasteiger partial charge on any atom is 0.229 e. The molecular weight excluding hydrogens is 242 g/mol. The van der Waals surface area contributed by atoms with Crippen LogP contribution in [0.15, 0.2) is 30.3 Å². The number of phenolic OH excluding ortho intramolecular Hbond substituents is 1. The topological polar surface area (TPSA) is 78.0 Å². The van der Waals surface area contributed by atoms with Crippen LogP contribution in [-0.2, 0) is 11.2 Å². The highest BCUT2D eigenvalue weighted by molar-refractivity contribution is 5.91. The number of nitrogens with zero attached hydrogens (tertiary/aromatic N) is 1. The molecule has 2 rings (SSSR count). The Morgan fingerprint density at radius 2 is 2.21 bits per heavy atom. The summed E-state index contributed by atoms with van der Waals surface area (Å²) in [5.74, 6) is 0.859. The first-order valence-electron chi connectivity index (χ1n) is 6.17. The van der Waals surface area contributed by atoms with Crippen LogP contribution in [0.25, 0.3) is 0 Å². The first-order valence-corrected chi connectivity index (χ1v) is 6.17. The second kappa shape index (κ2) is 5.56. The smallest absolute Gasteiger partial charge is 0.229 e. The molecule has 0 radical (unpaired) electrons. The molecule has 0 unspecified atom stereocenters. The molecule has 1 aromatic heterocycles. The molecule has 0 bridgehead atoms. The Labute approximate surface area is 111 Å². The van der Waals surface area contributed by atoms with Crippen molar-refractivity contribution in [1.29, 1.82) is 0 Å². The number of anilines is 1. The van der Waals surface area contributed by atoms with Crippen molar-refractivity contribution in [2.75, 3.05) is 5.32 Å². The second-order valence-corrected chi connectivity index (χ2v) is 4.76. The van der Waals surface area contributed by atoms with E-state index in [0.717, 1.165) is 11.3 Å². The van der Waals surface area contributed by atoms with Crippen molar-refractivity contribution in [3.63, 3.8) is 0 Å². The molecule has 0 atom stereocenters. The summed E-state index contributed by atoms with van der Waals surface area (Å²) in [4.78, 5) is 11.8. The fraction of sp³-hybridized carbons (Fsp3) is 0.286. The van der Waals surface area contributed by atoms with Crippen LogP contribution in [0.5, 0.6) is 5.75 Å². The van der Waals surface area contributed by atoms with Crippen LogP contribution in [0.2, 0.25) is 0 Å². The van der Waals surface area contributed by atoms with Gasteiger partial charge < -0.3 is 10.4 Å². The quantitative estimate of drug-likeness (QED) is 0.789. The first kappa shape index (κ1) is 13.1. The van der Waals surface area contributed by atoms with Gasteiger partial charge in [0.25, 0.3) is 0 Å². The molecule has 1 heterocycles. The summed E-state index contributed by atoms with van der Waals surface area (Å²) < 4.78 is 0. The van der Waals surface area contributed by atoms with Crippen molar-refractivity contribution in [1.82, 2.24) is 10.2 Å². The number of benzene rings is 1. The van der Waals surface area contributed by atoms with Gasteiger partial charge in [-0.15, -0.1) is 0 Å². The third-order valence-electron chi connectivity index (χ3n) is 2.76. The lowest BCUT2D eigenvalue weighted by Crippen LogP contribution is -2.14. The van der Waals surface area contributed by atoms with Gasteiger partial charge in [0.15, 0.2) is 5.82 Å². The van der Waals surface area contributed by atoms with Gasteiger partial charge in [0, 0.05) is 11.8 Å². The number of H-pyrrole nitrogens is 1. The number of aromatic hydroxyl groups is 1.